The van der Waals surface area contributed by atoms with Crippen LogP contribution in [0.4, 0.5) is 8.78 Å². The number of esters is 1. The highest BCUT2D eigenvalue weighted by Gasteiger charge is 2.20. The number of aromatic nitrogens is 1. The van der Waals surface area contributed by atoms with Crippen molar-refractivity contribution >= 4 is 17.6 Å². The van der Waals surface area contributed by atoms with E-state index >= 15 is 0 Å². The minimum Gasteiger partial charge on any atom is -0.466 e. The van der Waals surface area contributed by atoms with Crippen LogP contribution in [0.5, 0.6) is 0 Å². The van der Waals surface area contributed by atoms with Gasteiger partial charge in [-0.05, 0) is 19.4 Å². The van der Waals surface area contributed by atoms with Gasteiger partial charge in [0.05, 0.1) is 23.7 Å². The molecule has 94 valence electrons. The number of nitrogens with zero attached hydrogens (tertiary/aromatic N) is 1. The maximum Gasteiger partial charge on any atom is 0.310 e. The second-order valence-corrected chi connectivity index (χ2v) is 3.75. The molecule has 0 aliphatic carbocycles. The third kappa shape index (κ3) is 3.36. The van der Waals surface area contributed by atoms with E-state index in [0.29, 0.717) is 5.69 Å². The molecule has 0 saturated carbocycles. The van der Waals surface area contributed by atoms with E-state index in [9.17, 15) is 13.6 Å². The van der Waals surface area contributed by atoms with E-state index in [1.54, 1.807) is 13.8 Å². The molecule has 6 heteroatoms. The Labute approximate surface area is 103 Å². The Hall–Kier alpha value is -1.23. The van der Waals surface area contributed by atoms with Crippen LogP contribution in [0.15, 0.2) is 6.20 Å². The Morgan fingerprint density at radius 1 is 1.59 bits per heavy atom. The summed E-state index contributed by atoms with van der Waals surface area (Å²) in [5.74, 6) is -0.582. The third-order valence-corrected chi connectivity index (χ3v) is 2.69. The van der Waals surface area contributed by atoms with Crippen LogP contribution < -0.4 is 0 Å². The normalized spacial score (nSPS) is 10.7. The molecule has 0 aliphatic heterocycles. The molecule has 1 rings (SSSR count). The van der Waals surface area contributed by atoms with Gasteiger partial charge in [0.1, 0.15) is 0 Å². The van der Waals surface area contributed by atoms with Crippen molar-refractivity contribution in [2.45, 2.75) is 26.7 Å². The summed E-state index contributed by atoms with van der Waals surface area (Å²) in [6.07, 6.45) is -1.94. The number of hydrogen-bond donors (Lipinski definition) is 0. The van der Waals surface area contributed by atoms with Gasteiger partial charge in [-0.1, -0.05) is 11.6 Å². The molecule has 0 aromatic carbocycles. The smallest absolute Gasteiger partial charge is 0.310 e. The van der Waals surface area contributed by atoms with Crippen molar-refractivity contribution in [3.8, 4) is 0 Å². The second-order valence-electron chi connectivity index (χ2n) is 3.37. The average molecular weight is 264 g/mol. The van der Waals surface area contributed by atoms with Crippen molar-refractivity contribution in [3.63, 3.8) is 0 Å². The van der Waals surface area contributed by atoms with E-state index < -0.39 is 12.4 Å². The predicted octanol–water partition coefficient (Wildman–Crippen LogP) is 3.09. The van der Waals surface area contributed by atoms with Gasteiger partial charge in [0.25, 0.3) is 6.43 Å². The topological polar surface area (TPSA) is 39.2 Å². The average Bonchev–Trinajstić information content (AvgIpc) is 2.25. The van der Waals surface area contributed by atoms with Crippen LogP contribution in [0.1, 0.15) is 30.2 Å². The molecule has 0 bridgehead atoms. The molecule has 0 unspecified atom stereocenters. The molecule has 0 N–H and O–H groups in total. The van der Waals surface area contributed by atoms with E-state index in [1.165, 1.54) is 0 Å². The summed E-state index contributed by atoms with van der Waals surface area (Å²) in [5.41, 5.74) is 0.177. The highest BCUT2D eigenvalue weighted by Crippen LogP contribution is 2.29. The molecule has 0 amide bonds. The van der Waals surface area contributed by atoms with Gasteiger partial charge in [-0.25, -0.2) is 8.78 Å². The van der Waals surface area contributed by atoms with Crippen LogP contribution in [-0.2, 0) is 16.0 Å². The molecule has 0 radical (unpaired) electrons. The summed E-state index contributed by atoms with van der Waals surface area (Å²) in [5, 5.41) is 0.0934. The second kappa shape index (κ2) is 5.91. The van der Waals surface area contributed by atoms with E-state index in [-0.39, 0.29) is 29.2 Å². The largest absolute Gasteiger partial charge is 0.466 e. The van der Waals surface area contributed by atoms with Gasteiger partial charge in [-0.3, -0.25) is 9.78 Å². The fourth-order valence-electron chi connectivity index (χ4n) is 1.37. The number of ether oxygens (including phenoxy) is 1. The monoisotopic (exact) mass is 263 g/mol. The summed E-state index contributed by atoms with van der Waals surface area (Å²) in [4.78, 5) is 15.1. The van der Waals surface area contributed by atoms with Crippen LogP contribution in [0.3, 0.4) is 0 Å². The van der Waals surface area contributed by atoms with E-state index in [1.807, 2.05) is 0 Å². The van der Waals surface area contributed by atoms with E-state index in [0.717, 1.165) is 6.20 Å². The summed E-state index contributed by atoms with van der Waals surface area (Å²) in [6.45, 7) is 3.43. The van der Waals surface area contributed by atoms with Gasteiger partial charge in [-0.15, -0.1) is 0 Å². The zero-order valence-corrected chi connectivity index (χ0v) is 10.2. The van der Waals surface area contributed by atoms with Crippen LogP contribution in [0.25, 0.3) is 0 Å². The number of aryl methyl sites for hydroxylation is 1. The standard InChI is InChI=1S/C11H12ClF2NO2/c1-3-17-9(16)4-7-8(11(13)14)5-15-6(2)10(7)12/h5,11H,3-4H2,1-2H3. The van der Waals surface area contributed by atoms with Crippen molar-refractivity contribution < 1.29 is 18.3 Å². The first-order chi connectivity index (χ1) is 7.97. The highest BCUT2D eigenvalue weighted by atomic mass is 35.5. The lowest BCUT2D eigenvalue weighted by molar-refractivity contribution is -0.142. The number of halogens is 3. The van der Waals surface area contributed by atoms with Crippen LogP contribution in [-0.4, -0.2) is 17.6 Å². The third-order valence-electron chi connectivity index (χ3n) is 2.19. The van der Waals surface area contributed by atoms with E-state index in [2.05, 4.69) is 4.98 Å². The summed E-state index contributed by atoms with van der Waals surface area (Å²) < 4.78 is 30.2. The number of rotatable bonds is 4. The molecule has 1 heterocycles. The number of pyridine rings is 1. The Morgan fingerprint density at radius 3 is 2.76 bits per heavy atom. The van der Waals surface area contributed by atoms with Crippen LogP contribution in [0, 0.1) is 6.92 Å². The lowest BCUT2D eigenvalue weighted by Crippen LogP contribution is -2.11. The fourth-order valence-corrected chi connectivity index (χ4v) is 1.59. The number of carbonyl (C=O) groups excluding carboxylic acids is 1. The maximum atomic E-state index is 12.7. The first-order valence-electron chi connectivity index (χ1n) is 5.05. The van der Waals surface area contributed by atoms with Crippen LogP contribution in [0.2, 0.25) is 5.02 Å². The first-order valence-corrected chi connectivity index (χ1v) is 5.42. The quantitative estimate of drug-likeness (QED) is 0.784. The molecule has 1 aromatic rings. The van der Waals surface area contributed by atoms with Crippen LogP contribution >= 0.6 is 11.6 Å². The molecule has 0 spiro atoms. The first kappa shape index (κ1) is 13.8. The minimum atomic E-state index is -2.72. The molecule has 3 nitrogen and oxygen atoms in total. The molecular weight excluding hydrogens is 252 g/mol. The van der Waals surface area contributed by atoms with Gasteiger partial charge in [0, 0.05) is 11.8 Å². The Kier molecular flexibility index (Phi) is 4.81. The van der Waals surface area contributed by atoms with Gasteiger partial charge < -0.3 is 4.74 Å². The Bertz CT molecular complexity index is 424. The molecular formula is C11H12ClF2NO2. The summed E-state index contributed by atoms with van der Waals surface area (Å²) in [6, 6.07) is 0. The minimum absolute atomic E-state index is 0.0904. The molecule has 0 fully saturated rings. The summed E-state index contributed by atoms with van der Waals surface area (Å²) in [7, 11) is 0. The summed E-state index contributed by atoms with van der Waals surface area (Å²) >= 11 is 5.88. The fraction of sp³-hybridized carbons (Fsp3) is 0.455. The van der Waals surface area contributed by atoms with E-state index in [4.69, 9.17) is 16.3 Å². The molecule has 0 atom stereocenters. The van der Waals surface area contributed by atoms with Crippen molar-refractivity contribution in [2.24, 2.45) is 0 Å². The van der Waals surface area contributed by atoms with Gasteiger partial charge in [-0.2, -0.15) is 0 Å². The number of carbonyl (C=O) groups is 1. The lowest BCUT2D eigenvalue weighted by atomic mass is 10.1. The predicted molar refractivity (Wildman–Crippen MR) is 59.3 cm³/mol. The molecule has 0 saturated heterocycles. The van der Waals surface area contributed by atoms with Gasteiger partial charge in [0.15, 0.2) is 0 Å². The zero-order chi connectivity index (χ0) is 13.0. The van der Waals surface area contributed by atoms with Gasteiger partial charge >= 0.3 is 5.97 Å². The molecule has 0 aliphatic rings. The van der Waals surface area contributed by atoms with Crippen molar-refractivity contribution in [1.29, 1.82) is 0 Å². The highest BCUT2D eigenvalue weighted by molar-refractivity contribution is 6.32. The molecule has 17 heavy (non-hydrogen) atoms. The lowest BCUT2D eigenvalue weighted by Gasteiger charge is -2.11. The number of alkyl halides is 2. The zero-order valence-electron chi connectivity index (χ0n) is 9.47. The Morgan fingerprint density at radius 2 is 2.24 bits per heavy atom. The Balaban J connectivity index is 3.10. The van der Waals surface area contributed by atoms with Crippen molar-refractivity contribution in [3.05, 3.63) is 28.0 Å². The SMILES string of the molecule is CCOC(=O)Cc1c(C(F)F)cnc(C)c1Cl. The van der Waals surface area contributed by atoms with Crippen molar-refractivity contribution in [1.82, 2.24) is 4.98 Å². The van der Waals surface area contributed by atoms with Gasteiger partial charge in [0.2, 0.25) is 0 Å². The maximum absolute atomic E-state index is 12.7. The molecule has 1 aromatic heterocycles. The van der Waals surface area contributed by atoms with Crippen molar-refractivity contribution in [2.75, 3.05) is 6.61 Å². The number of hydrogen-bond acceptors (Lipinski definition) is 3.